The number of nitrogens with zero attached hydrogens (tertiary/aromatic N) is 3. The summed E-state index contributed by atoms with van der Waals surface area (Å²) in [7, 11) is 1.52. The third-order valence-electron chi connectivity index (χ3n) is 2.00. The zero-order chi connectivity index (χ0) is 10.2. The molecule has 1 rings (SSSR count). The lowest BCUT2D eigenvalue weighted by Gasteiger charge is -2.14. The van der Waals surface area contributed by atoms with Crippen molar-refractivity contribution in [2.75, 3.05) is 0 Å². The number of alkyl halides is 3. The van der Waals surface area contributed by atoms with Gasteiger partial charge in [-0.3, -0.25) is 0 Å². The first-order chi connectivity index (χ1) is 5.84. The highest BCUT2D eigenvalue weighted by atomic mass is 19.4. The lowest BCUT2D eigenvalue weighted by Crippen LogP contribution is -2.21. The van der Waals surface area contributed by atoms with Crippen molar-refractivity contribution < 1.29 is 13.2 Å². The van der Waals surface area contributed by atoms with E-state index in [0.29, 0.717) is 5.82 Å². The van der Waals surface area contributed by atoms with E-state index in [1.54, 1.807) is 6.92 Å². The maximum atomic E-state index is 12.2. The molecule has 74 valence electrons. The minimum atomic E-state index is -4.26. The van der Waals surface area contributed by atoms with Crippen molar-refractivity contribution in [2.24, 2.45) is 7.05 Å². The Hall–Kier alpha value is -1.07. The van der Waals surface area contributed by atoms with Crippen LogP contribution in [0.4, 0.5) is 13.2 Å². The molecule has 0 aliphatic rings. The van der Waals surface area contributed by atoms with Gasteiger partial charge in [0, 0.05) is 7.05 Å². The Kier molecular flexibility index (Phi) is 2.32. The topological polar surface area (TPSA) is 30.7 Å². The van der Waals surface area contributed by atoms with E-state index in [1.165, 1.54) is 11.6 Å². The van der Waals surface area contributed by atoms with Crippen molar-refractivity contribution in [2.45, 2.75) is 25.9 Å². The van der Waals surface area contributed by atoms with Crippen LogP contribution in [-0.4, -0.2) is 20.9 Å². The predicted octanol–water partition coefficient (Wildman–Crippen LogP) is 1.79. The molecular formula is C7H10F3N3. The average molecular weight is 193 g/mol. The van der Waals surface area contributed by atoms with Crippen molar-refractivity contribution in [1.29, 1.82) is 0 Å². The van der Waals surface area contributed by atoms with Gasteiger partial charge in [-0.25, -0.2) is 0 Å². The van der Waals surface area contributed by atoms with Gasteiger partial charge in [-0.1, -0.05) is 0 Å². The lowest BCUT2D eigenvalue weighted by atomic mass is 10.1. The van der Waals surface area contributed by atoms with E-state index in [9.17, 15) is 13.2 Å². The van der Waals surface area contributed by atoms with Gasteiger partial charge in [-0.15, -0.1) is 10.2 Å². The molecule has 0 bridgehead atoms. The minimum absolute atomic E-state index is 0.0509. The number of aromatic nitrogens is 3. The van der Waals surface area contributed by atoms with Crippen molar-refractivity contribution in [1.82, 2.24) is 14.8 Å². The second-order valence-corrected chi connectivity index (χ2v) is 2.93. The smallest absolute Gasteiger partial charge is 0.318 e. The summed E-state index contributed by atoms with van der Waals surface area (Å²) in [5.74, 6) is -1.14. The molecule has 1 aromatic heterocycles. The molecule has 1 unspecified atom stereocenters. The predicted molar refractivity (Wildman–Crippen MR) is 40.2 cm³/mol. The number of hydrogen-bond donors (Lipinski definition) is 0. The molecule has 13 heavy (non-hydrogen) atoms. The van der Waals surface area contributed by atoms with E-state index < -0.39 is 12.1 Å². The van der Waals surface area contributed by atoms with Gasteiger partial charge in [0.1, 0.15) is 17.6 Å². The highest BCUT2D eigenvalue weighted by molar-refractivity contribution is 5.01. The quantitative estimate of drug-likeness (QED) is 0.680. The van der Waals surface area contributed by atoms with Crippen LogP contribution in [0.15, 0.2) is 0 Å². The Balaban J connectivity index is 3.02. The molecular weight excluding hydrogens is 183 g/mol. The molecule has 1 atom stereocenters. The third kappa shape index (κ3) is 1.81. The molecule has 1 heterocycles. The highest BCUT2D eigenvalue weighted by Gasteiger charge is 2.40. The minimum Gasteiger partial charge on any atom is -0.318 e. The number of rotatable bonds is 1. The Bertz CT molecular complexity index is 302. The van der Waals surface area contributed by atoms with Crippen LogP contribution >= 0.6 is 0 Å². The summed E-state index contributed by atoms with van der Waals surface area (Å²) in [6, 6.07) is 0. The van der Waals surface area contributed by atoms with Crippen molar-refractivity contribution >= 4 is 0 Å². The number of hydrogen-bond acceptors (Lipinski definition) is 2. The number of aryl methyl sites for hydroxylation is 1. The van der Waals surface area contributed by atoms with E-state index in [0.717, 1.165) is 6.92 Å². The molecule has 0 aliphatic heterocycles. The van der Waals surface area contributed by atoms with Crippen molar-refractivity contribution in [3.8, 4) is 0 Å². The van der Waals surface area contributed by atoms with Gasteiger partial charge in [0.05, 0.1) is 0 Å². The molecule has 0 amide bonds. The zero-order valence-electron chi connectivity index (χ0n) is 7.55. The fourth-order valence-corrected chi connectivity index (χ4v) is 0.947. The van der Waals surface area contributed by atoms with Crippen molar-refractivity contribution in [3.05, 3.63) is 11.6 Å². The van der Waals surface area contributed by atoms with Crippen LogP contribution in [-0.2, 0) is 7.05 Å². The molecule has 0 spiro atoms. The monoisotopic (exact) mass is 193 g/mol. The van der Waals surface area contributed by atoms with Gasteiger partial charge >= 0.3 is 6.18 Å². The molecule has 0 saturated carbocycles. The molecule has 0 radical (unpaired) electrons. The third-order valence-corrected chi connectivity index (χ3v) is 2.00. The molecule has 3 nitrogen and oxygen atoms in total. The second-order valence-electron chi connectivity index (χ2n) is 2.93. The summed E-state index contributed by atoms with van der Waals surface area (Å²) in [5, 5.41) is 7.04. The Morgan fingerprint density at radius 2 is 1.85 bits per heavy atom. The van der Waals surface area contributed by atoms with E-state index in [1.807, 2.05) is 0 Å². The van der Waals surface area contributed by atoms with Crippen LogP contribution in [0, 0.1) is 6.92 Å². The van der Waals surface area contributed by atoms with Gasteiger partial charge in [0.15, 0.2) is 0 Å². The molecule has 0 aromatic carbocycles. The Morgan fingerprint density at radius 3 is 2.15 bits per heavy atom. The Morgan fingerprint density at radius 1 is 1.31 bits per heavy atom. The van der Waals surface area contributed by atoms with Gasteiger partial charge in [-0.05, 0) is 13.8 Å². The first-order valence-corrected chi connectivity index (χ1v) is 3.76. The zero-order valence-corrected chi connectivity index (χ0v) is 7.55. The summed E-state index contributed by atoms with van der Waals surface area (Å²) < 4.78 is 38.1. The maximum absolute atomic E-state index is 12.2. The summed E-state index contributed by atoms with van der Waals surface area (Å²) in [6.07, 6.45) is -4.26. The van der Waals surface area contributed by atoms with Gasteiger partial charge in [0.25, 0.3) is 0 Å². The van der Waals surface area contributed by atoms with Crippen LogP contribution in [0.25, 0.3) is 0 Å². The molecule has 0 fully saturated rings. The van der Waals surface area contributed by atoms with E-state index >= 15 is 0 Å². The molecule has 1 aromatic rings. The normalized spacial score (nSPS) is 14.6. The largest absolute Gasteiger partial charge is 0.398 e. The first-order valence-electron chi connectivity index (χ1n) is 3.76. The van der Waals surface area contributed by atoms with Crippen LogP contribution < -0.4 is 0 Å². The highest BCUT2D eigenvalue weighted by Crippen LogP contribution is 2.32. The summed E-state index contributed by atoms with van der Waals surface area (Å²) in [5.41, 5.74) is 0. The molecule has 0 N–H and O–H groups in total. The van der Waals surface area contributed by atoms with Crippen LogP contribution in [0.3, 0.4) is 0 Å². The van der Waals surface area contributed by atoms with Crippen molar-refractivity contribution in [3.63, 3.8) is 0 Å². The van der Waals surface area contributed by atoms with E-state index in [2.05, 4.69) is 10.2 Å². The lowest BCUT2D eigenvalue weighted by molar-refractivity contribution is -0.148. The number of halogens is 3. The maximum Gasteiger partial charge on any atom is 0.398 e. The van der Waals surface area contributed by atoms with Gasteiger partial charge in [0.2, 0.25) is 0 Å². The fraction of sp³-hybridized carbons (Fsp3) is 0.714. The molecule has 0 aliphatic carbocycles. The summed E-state index contributed by atoms with van der Waals surface area (Å²) in [6.45, 7) is 2.68. The second kappa shape index (κ2) is 3.01. The summed E-state index contributed by atoms with van der Waals surface area (Å²) >= 11 is 0. The van der Waals surface area contributed by atoms with E-state index in [4.69, 9.17) is 0 Å². The SMILES string of the molecule is Cc1nnc(C(C)C(F)(F)F)n1C. The van der Waals surface area contributed by atoms with E-state index in [-0.39, 0.29) is 5.82 Å². The molecule has 6 heteroatoms. The van der Waals surface area contributed by atoms with Crippen LogP contribution in [0.5, 0.6) is 0 Å². The Labute approximate surface area is 73.6 Å². The van der Waals surface area contributed by atoms with Gasteiger partial charge in [-0.2, -0.15) is 13.2 Å². The average Bonchev–Trinajstić information content (AvgIpc) is 2.30. The standard InChI is InChI=1S/C7H10F3N3/c1-4(7(8,9)10)6-12-11-5(2)13(6)3/h4H,1-3H3. The molecule has 0 saturated heterocycles. The van der Waals surface area contributed by atoms with Crippen LogP contribution in [0.2, 0.25) is 0 Å². The van der Waals surface area contributed by atoms with Gasteiger partial charge < -0.3 is 4.57 Å². The first kappa shape index (κ1) is 10.0. The summed E-state index contributed by atoms with van der Waals surface area (Å²) in [4.78, 5) is 0. The van der Waals surface area contributed by atoms with Crippen LogP contribution in [0.1, 0.15) is 24.5 Å². The fourth-order valence-electron chi connectivity index (χ4n) is 0.947.